The average Bonchev–Trinajstić information content (AvgIpc) is 3.03. The van der Waals surface area contributed by atoms with E-state index in [1.54, 1.807) is 85.3 Å². The Morgan fingerprint density at radius 3 is 0.488 bits per heavy atom. The molecule has 17 heteroatoms. The number of hydrogen-bond acceptors (Lipinski definition) is 12. The summed E-state index contributed by atoms with van der Waals surface area (Å²) in [7, 11) is 2.69. The minimum Gasteiger partial charge on any atom is -0.377 e. The van der Waals surface area contributed by atoms with Crippen molar-refractivity contribution in [2.45, 2.75) is 74.0 Å². The topological polar surface area (TPSA) is 111 Å². The van der Waals surface area contributed by atoms with E-state index in [1.807, 2.05) is 0 Å². The Bertz CT molecular complexity index is 558. The first kappa shape index (κ1) is 41.6. The van der Waals surface area contributed by atoms with Crippen LogP contribution in [0.5, 0.6) is 0 Å². The Morgan fingerprint density at radius 2 is 0.415 bits per heavy atom. The van der Waals surface area contributed by atoms with Crippen LogP contribution in [0.2, 0.25) is 20.7 Å². The Hall–Kier alpha value is 0.604. The minimum absolute atomic E-state index is 0.248. The zero-order chi connectivity index (χ0) is 32.1. The van der Waals surface area contributed by atoms with Crippen LogP contribution in [0.4, 0.5) is 0 Å². The second kappa shape index (κ2) is 18.5. The minimum atomic E-state index is -3.44. The molecule has 0 aromatic carbocycles. The molecule has 0 radical (unpaired) electrons. The zero-order valence-electron chi connectivity index (χ0n) is 28.5. The molecule has 12 nitrogen and oxygen atoms in total. The highest BCUT2D eigenvalue weighted by Gasteiger charge is 2.79. The molecular weight excluding hydrogens is 621 g/mol. The van der Waals surface area contributed by atoms with Crippen LogP contribution < -0.4 is 0 Å². The summed E-state index contributed by atoms with van der Waals surface area (Å²) in [6.07, 6.45) is 2.62. The third-order valence-corrected chi connectivity index (χ3v) is 37.7. The van der Waals surface area contributed by atoms with Gasteiger partial charge in [0.25, 0.3) is 0 Å². The third-order valence-electron chi connectivity index (χ3n) is 9.17. The molecule has 0 bridgehead atoms. The van der Waals surface area contributed by atoms with Gasteiger partial charge in [0, 0.05) is 106 Å². The third kappa shape index (κ3) is 7.06. The van der Waals surface area contributed by atoms with Crippen molar-refractivity contribution in [1.82, 2.24) is 0 Å². The highest BCUT2D eigenvalue weighted by molar-refractivity contribution is 7.11. The molecular formula is C24H60O12Si5. The highest BCUT2D eigenvalue weighted by atomic mass is 28.5. The van der Waals surface area contributed by atoms with Crippen molar-refractivity contribution in [3.05, 3.63) is 0 Å². The number of rotatable bonds is 24. The van der Waals surface area contributed by atoms with Crippen LogP contribution in [0.1, 0.15) is 53.4 Å². The highest BCUT2D eigenvalue weighted by Crippen LogP contribution is 2.64. The van der Waals surface area contributed by atoms with Gasteiger partial charge in [0.2, 0.25) is 0 Å². The monoisotopic (exact) mass is 680 g/mol. The molecule has 4 atom stereocenters. The Labute approximate surface area is 255 Å². The van der Waals surface area contributed by atoms with Gasteiger partial charge in [0.1, 0.15) is 0 Å². The Kier molecular flexibility index (Phi) is 18.8. The van der Waals surface area contributed by atoms with Gasteiger partial charge in [0.15, 0.2) is 0 Å². The van der Waals surface area contributed by atoms with Crippen molar-refractivity contribution in [3.63, 3.8) is 0 Å². The smallest absolute Gasteiger partial charge is 0.377 e. The van der Waals surface area contributed by atoms with E-state index in [9.17, 15) is 0 Å². The van der Waals surface area contributed by atoms with Crippen LogP contribution in [0.25, 0.3) is 0 Å². The van der Waals surface area contributed by atoms with Crippen LogP contribution in [0.15, 0.2) is 0 Å². The average molecular weight is 681 g/mol. The molecule has 0 rings (SSSR count). The molecule has 0 N–H and O–H groups in total. The van der Waals surface area contributed by atoms with E-state index in [-0.39, 0.29) is 20.7 Å². The summed E-state index contributed by atoms with van der Waals surface area (Å²) in [6, 6.07) is 0. The van der Waals surface area contributed by atoms with E-state index >= 15 is 0 Å². The molecule has 248 valence electrons. The van der Waals surface area contributed by atoms with Crippen LogP contribution in [0, 0.1) is 0 Å². The molecule has 0 aliphatic carbocycles. The SMILES string of the molecule is CCC([Si](OC)(OC)OC)[Si](C(CC)[Si](OC)(OC)OC)(C(CC)[Si](OC)(OC)OC)C(CC)[Si](OC)(OC)OC. The molecule has 0 aromatic heterocycles. The van der Waals surface area contributed by atoms with Gasteiger partial charge in [-0.1, -0.05) is 53.4 Å². The molecule has 0 amide bonds. The second-order valence-electron chi connectivity index (χ2n) is 9.71. The summed E-state index contributed by atoms with van der Waals surface area (Å²) in [4.78, 5) is 0. The van der Waals surface area contributed by atoms with Crippen molar-refractivity contribution in [2.75, 3.05) is 85.3 Å². The quantitative estimate of drug-likeness (QED) is 0.136. The Morgan fingerprint density at radius 1 is 0.293 bits per heavy atom. The van der Waals surface area contributed by atoms with Crippen LogP contribution in [0.3, 0.4) is 0 Å². The molecule has 0 aliphatic heterocycles. The molecule has 41 heavy (non-hydrogen) atoms. The summed E-state index contributed by atoms with van der Waals surface area (Å²) < 4.78 is 75.9. The molecule has 0 saturated heterocycles. The van der Waals surface area contributed by atoms with Crippen molar-refractivity contribution in [1.29, 1.82) is 0 Å². The summed E-state index contributed by atoms with van der Waals surface area (Å²) in [5.41, 5.74) is 0. The summed E-state index contributed by atoms with van der Waals surface area (Å²) in [6.45, 7) is 8.55. The van der Waals surface area contributed by atoms with Crippen LogP contribution in [-0.2, 0) is 53.1 Å². The summed E-state index contributed by atoms with van der Waals surface area (Å²) >= 11 is 0. The molecule has 0 aliphatic rings. The predicted octanol–water partition coefficient (Wildman–Crippen LogP) is 4.23. The summed E-state index contributed by atoms with van der Waals surface area (Å²) in [5.74, 6) is 0. The normalized spacial score (nSPS) is 18.1. The Balaban J connectivity index is 9.03. The first-order valence-corrected chi connectivity index (χ1v) is 23.6. The second-order valence-corrected chi connectivity index (χ2v) is 29.3. The lowest BCUT2D eigenvalue weighted by atomic mass is 10.5. The van der Waals surface area contributed by atoms with E-state index in [2.05, 4.69) is 27.7 Å². The maximum atomic E-state index is 6.33. The van der Waals surface area contributed by atoms with Gasteiger partial charge in [0.05, 0.1) is 8.07 Å². The predicted molar refractivity (Wildman–Crippen MR) is 169 cm³/mol. The largest absolute Gasteiger partial charge is 0.500 e. The van der Waals surface area contributed by atoms with Gasteiger partial charge in [-0.2, -0.15) is 0 Å². The fourth-order valence-electron chi connectivity index (χ4n) is 7.80. The van der Waals surface area contributed by atoms with E-state index < -0.39 is 43.3 Å². The van der Waals surface area contributed by atoms with Crippen molar-refractivity contribution >= 4 is 43.3 Å². The molecule has 4 unspecified atom stereocenters. The molecule has 0 fully saturated rings. The van der Waals surface area contributed by atoms with Crippen LogP contribution >= 0.6 is 0 Å². The van der Waals surface area contributed by atoms with Crippen molar-refractivity contribution < 1.29 is 53.1 Å². The number of hydrogen-bond donors (Lipinski definition) is 0. The fraction of sp³-hybridized carbons (Fsp3) is 1.00. The van der Waals surface area contributed by atoms with Crippen molar-refractivity contribution in [3.8, 4) is 0 Å². The zero-order valence-corrected chi connectivity index (χ0v) is 33.5. The van der Waals surface area contributed by atoms with Gasteiger partial charge >= 0.3 is 35.2 Å². The van der Waals surface area contributed by atoms with Crippen molar-refractivity contribution in [2.24, 2.45) is 0 Å². The first-order valence-electron chi connectivity index (χ1n) is 14.1. The van der Waals surface area contributed by atoms with Gasteiger partial charge in [-0.25, -0.2) is 0 Å². The standard InChI is InChI=1S/C24H60O12Si5/c1-17-21(38(25-5,26-6)27-7)37(22(18-2)39(28-8,29-9)30-10,23(19-3)40(31-11,32-12)33-13)24(20-4)41(34-14,35-15)36-16/h21-24H,17-20H2,1-16H3. The van der Waals surface area contributed by atoms with E-state index in [1.165, 1.54) is 0 Å². The van der Waals surface area contributed by atoms with Crippen LogP contribution in [-0.4, -0.2) is 129 Å². The first-order chi connectivity index (χ1) is 19.5. The maximum absolute atomic E-state index is 6.33. The van der Waals surface area contributed by atoms with E-state index in [0.29, 0.717) is 25.7 Å². The van der Waals surface area contributed by atoms with E-state index in [0.717, 1.165) is 0 Å². The van der Waals surface area contributed by atoms with E-state index in [4.69, 9.17) is 53.1 Å². The lowest BCUT2D eigenvalue weighted by Gasteiger charge is -2.60. The molecule has 0 spiro atoms. The lowest BCUT2D eigenvalue weighted by molar-refractivity contribution is 0.103. The van der Waals surface area contributed by atoms with Gasteiger partial charge in [-0.15, -0.1) is 0 Å². The van der Waals surface area contributed by atoms with Gasteiger partial charge in [-0.05, 0) is 0 Å². The fourth-order valence-corrected chi connectivity index (χ4v) is 45.2. The molecule has 0 aromatic rings. The maximum Gasteiger partial charge on any atom is 0.500 e. The van der Waals surface area contributed by atoms with Gasteiger partial charge < -0.3 is 53.1 Å². The lowest BCUT2D eigenvalue weighted by Crippen LogP contribution is -2.77. The molecule has 0 saturated carbocycles. The summed E-state index contributed by atoms with van der Waals surface area (Å²) in [5, 5.41) is -0.993. The van der Waals surface area contributed by atoms with Gasteiger partial charge in [-0.3, -0.25) is 0 Å². The molecule has 0 heterocycles.